The maximum Gasteiger partial charge on any atom is 0.356 e. The molecule has 0 aliphatic carbocycles. The Morgan fingerprint density at radius 3 is 2.76 bits per heavy atom. The van der Waals surface area contributed by atoms with Crippen LogP contribution in [0.2, 0.25) is 0 Å². The lowest BCUT2D eigenvalue weighted by atomic mass is 9.98. The second-order valence-corrected chi connectivity index (χ2v) is 4.52. The Morgan fingerprint density at radius 2 is 2.18 bits per heavy atom. The Bertz CT molecular complexity index is 377. The first kappa shape index (κ1) is 13.5. The first-order valence-corrected chi connectivity index (χ1v) is 5.82. The van der Waals surface area contributed by atoms with Crippen LogP contribution < -0.4 is 5.32 Å². The van der Waals surface area contributed by atoms with E-state index < -0.39 is 5.97 Å². The molecule has 0 aromatic carbocycles. The van der Waals surface area contributed by atoms with Crippen LogP contribution in [0.3, 0.4) is 0 Å². The molecule has 0 radical (unpaired) electrons. The van der Waals surface area contributed by atoms with Gasteiger partial charge in [0.25, 0.3) is 0 Å². The molecule has 1 heterocycles. The standard InChI is InChI=1S/C13H20N2O2/c1-9(2)10(3)8-15-11-5-6-14-12(7-11)13(16)17-4/h5-7,9-10H,8H2,1-4H3,(H,14,15). The summed E-state index contributed by atoms with van der Waals surface area (Å²) in [5, 5.41) is 3.30. The second-order valence-electron chi connectivity index (χ2n) is 4.52. The van der Waals surface area contributed by atoms with Gasteiger partial charge in [-0.15, -0.1) is 0 Å². The molecule has 0 aliphatic heterocycles. The van der Waals surface area contributed by atoms with E-state index in [0.29, 0.717) is 17.5 Å². The van der Waals surface area contributed by atoms with Crippen molar-refractivity contribution < 1.29 is 9.53 Å². The Balaban J connectivity index is 2.63. The van der Waals surface area contributed by atoms with Crippen LogP contribution in [0.4, 0.5) is 5.69 Å². The predicted octanol–water partition coefficient (Wildman–Crippen LogP) is 2.57. The Kier molecular flexibility index (Phi) is 4.94. The number of rotatable bonds is 5. The molecular weight excluding hydrogens is 216 g/mol. The number of nitrogens with zero attached hydrogens (tertiary/aromatic N) is 1. The molecular formula is C13H20N2O2. The van der Waals surface area contributed by atoms with Crippen molar-refractivity contribution in [3.05, 3.63) is 24.0 Å². The van der Waals surface area contributed by atoms with Crippen LogP contribution in [0.5, 0.6) is 0 Å². The number of ether oxygens (including phenoxy) is 1. The maximum absolute atomic E-state index is 11.3. The van der Waals surface area contributed by atoms with Crippen LogP contribution >= 0.6 is 0 Å². The van der Waals surface area contributed by atoms with Crippen LogP contribution in [0.1, 0.15) is 31.3 Å². The monoisotopic (exact) mass is 236 g/mol. The minimum atomic E-state index is -0.412. The van der Waals surface area contributed by atoms with Gasteiger partial charge in [-0.05, 0) is 24.0 Å². The molecule has 1 unspecified atom stereocenters. The summed E-state index contributed by atoms with van der Waals surface area (Å²) in [6, 6.07) is 3.55. The quantitative estimate of drug-likeness (QED) is 0.798. The van der Waals surface area contributed by atoms with E-state index in [0.717, 1.165) is 12.2 Å². The third-order valence-corrected chi connectivity index (χ3v) is 2.92. The number of anilines is 1. The molecule has 0 bridgehead atoms. The van der Waals surface area contributed by atoms with E-state index >= 15 is 0 Å². The summed E-state index contributed by atoms with van der Waals surface area (Å²) in [6.45, 7) is 7.46. The highest BCUT2D eigenvalue weighted by Gasteiger charge is 2.09. The van der Waals surface area contributed by atoms with Gasteiger partial charge in [-0.3, -0.25) is 0 Å². The molecule has 1 N–H and O–H groups in total. The fraction of sp³-hybridized carbons (Fsp3) is 0.538. The third-order valence-electron chi connectivity index (χ3n) is 2.92. The minimum absolute atomic E-state index is 0.328. The molecule has 17 heavy (non-hydrogen) atoms. The molecule has 1 aromatic heterocycles. The van der Waals surface area contributed by atoms with Gasteiger partial charge >= 0.3 is 5.97 Å². The average molecular weight is 236 g/mol. The van der Waals surface area contributed by atoms with Crippen molar-refractivity contribution in [3.8, 4) is 0 Å². The molecule has 0 saturated carbocycles. The largest absolute Gasteiger partial charge is 0.464 e. The van der Waals surface area contributed by atoms with Crippen LogP contribution in [0, 0.1) is 11.8 Å². The van der Waals surface area contributed by atoms with Crippen molar-refractivity contribution in [1.29, 1.82) is 0 Å². The molecule has 1 rings (SSSR count). The molecule has 4 heteroatoms. The summed E-state index contributed by atoms with van der Waals surface area (Å²) in [5.41, 5.74) is 1.22. The van der Waals surface area contributed by atoms with Crippen molar-refractivity contribution in [1.82, 2.24) is 4.98 Å². The maximum atomic E-state index is 11.3. The molecule has 0 amide bonds. The number of carbonyl (C=O) groups excluding carboxylic acids is 1. The van der Waals surface area contributed by atoms with Crippen molar-refractivity contribution in [3.63, 3.8) is 0 Å². The number of pyridine rings is 1. The summed E-state index contributed by atoms with van der Waals surface area (Å²) in [4.78, 5) is 15.3. The Morgan fingerprint density at radius 1 is 1.47 bits per heavy atom. The fourth-order valence-corrected chi connectivity index (χ4v) is 1.27. The van der Waals surface area contributed by atoms with Gasteiger partial charge in [0.2, 0.25) is 0 Å². The van der Waals surface area contributed by atoms with Gasteiger partial charge in [0.1, 0.15) is 5.69 Å². The van der Waals surface area contributed by atoms with Gasteiger partial charge in [-0.25, -0.2) is 9.78 Å². The van der Waals surface area contributed by atoms with E-state index in [1.807, 2.05) is 6.07 Å². The summed E-state index contributed by atoms with van der Waals surface area (Å²) in [5.74, 6) is 0.791. The average Bonchev–Trinajstić information content (AvgIpc) is 2.35. The Labute approximate surface area is 102 Å². The molecule has 4 nitrogen and oxygen atoms in total. The molecule has 0 spiro atoms. The van der Waals surface area contributed by atoms with Gasteiger partial charge in [0.15, 0.2) is 0 Å². The second kappa shape index (κ2) is 6.23. The van der Waals surface area contributed by atoms with Gasteiger partial charge in [0, 0.05) is 18.4 Å². The molecule has 1 aromatic rings. The lowest BCUT2D eigenvalue weighted by Crippen LogP contribution is -2.16. The lowest BCUT2D eigenvalue weighted by molar-refractivity contribution is 0.0594. The first-order valence-electron chi connectivity index (χ1n) is 5.82. The third kappa shape index (κ3) is 4.06. The van der Waals surface area contributed by atoms with Gasteiger partial charge in [-0.2, -0.15) is 0 Å². The number of hydrogen-bond acceptors (Lipinski definition) is 4. The first-order chi connectivity index (χ1) is 8.04. The van der Waals surface area contributed by atoms with E-state index in [1.165, 1.54) is 7.11 Å². The van der Waals surface area contributed by atoms with E-state index in [-0.39, 0.29) is 0 Å². The number of hydrogen-bond donors (Lipinski definition) is 1. The van der Waals surface area contributed by atoms with E-state index in [1.54, 1.807) is 12.3 Å². The summed E-state index contributed by atoms with van der Waals surface area (Å²) in [7, 11) is 1.35. The molecule has 0 saturated heterocycles. The Hall–Kier alpha value is -1.58. The molecule has 0 fully saturated rings. The predicted molar refractivity (Wildman–Crippen MR) is 68.1 cm³/mol. The van der Waals surface area contributed by atoms with Gasteiger partial charge in [0.05, 0.1) is 7.11 Å². The minimum Gasteiger partial charge on any atom is -0.464 e. The number of methoxy groups -OCH3 is 1. The SMILES string of the molecule is COC(=O)c1cc(NCC(C)C(C)C)ccn1. The highest BCUT2D eigenvalue weighted by molar-refractivity contribution is 5.88. The number of aromatic nitrogens is 1. The van der Waals surface area contributed by atoms with Crippen molar-refractivity contribution >= 4 is 11.7 Å². The smallest absolute Gasteiger partial charge is 0.356 e. The summed E-state index contributed by atoms with van der Waals surface area (Å²) in [6.07, 6.45) is 1.61. The van der Waals surface area contributed by atoms with Crippen LogP contribution in [-0.2, 0) is 4.74 Å². The van der Waals surface area contributed by atoms with Crippen molar-refractivity contribution in [2.24, 2.45) is 11.8 Å². The number of esters is 1. The van der Waals surface area contributed by atoms with Gasteiger partial charge < -0.3 is 10.1 Å². The highest BCUT2D eigenvalue weighted by Crippen LogP contribution is 2.13. The number of nitrogens with one attached hydrogen (secondary N) is 1. The molecule has 94 valence electrons. The van der Waals surface area contributed by atoms with Crippen molar-refractivity contribution in [2.45, 2.75) is 20.8 Å². The fourth-order valence-electron chi connectivity index (χ4n) is 1.27. The zero-order chi connectivity index (χ0) is 12.8. The van der Waals surface area contributed by atoms with Crippen LogP contribution in [0.25, 0.3) is 0 Å². The van der Waals surface area contributed by atoms with E-state index in [9.17, 15) is 4.79 Å². The molecule has 1 atom stereocenters. The lowest BCUT2D eigenvalue weighted by Gasteiger charge is -2.16. The number of carbonyl (C=O) groups is 1. The zero-order valence-corrected chi connectivity index (χ0v) is 10.9. The summed E-state index contributed by atoms with van der Waals surface area (Å²) < 4.78 is 4.63. The summed E-state index contributed by atoms with van der Waals surface area (Å²) >= 11 is 0. The highest BCUT2D eigenvalue weighted by atomic mass is 16.5. The van der Waals surface area contributed by atoms with Crippen molar-refractivity contribution in [2.75, 3.05) is 19.0 Å². The van der Waals surface area contributed by atoms with Crippen LogP contribution in [0.15, 0.2) is 18.3 Å². The normalized spacial score (nSPS) is 12.3. The van der Waals surface area contributed by atoms with E-state index in [2.05, 4.69) is 35.8 Å². The topological polar surface area (TPSA) is 51.2 Å². The van der Waals surface area contributed by atoms with E-state index in [4.69, 9.17) is 0 Å². The van der Waals surface area contributed by atoms with Gasteiger partial charge in [-0.1, -0.05) is 20.8 Å². The zero-order valence-electron chi connectivity index (χ0n) is 10.9. The molecule has 0 aliphatic rings. The van der Waals surface area contributed by atoms with Crippen LogP contribution in [-0.4, -0.2) is 24.6 Å².